The highest BCUT2D eigenvalue weighted by Gasteiger charge is 2.58. The molecule has 1 atom stereocenters. The highest BCUT2D eigenvalue weighted by atomic mass is 35.5. The van der Waals surface area contributed by atoms with E-state index in [0.717, 1.165) is 0 Å². The van der Waals surface area contributed by atoms with E-state index in [9.17, 15) is 31.5 Å². The predicted molar refractivity (Wildman–Crippen MR) is 85.5 cm³/mol. The van der Waals surface area contributed by atoms with Crippen molar-refractivity contribution in [2.45, 2.75) is 25.1 Å². The van der Waals surface area contributed by atoms with Crippen LogP contribution in [0.2, 0.25) is 10.0 Å². The van der Waals surface area contributed by atoms with Gasteiger partial charge in [-0.3, -0.25) is 0 Å². The third-order valence-corrected chi connectivity index (χ3v) is 4.30. The average molecular weight is 433 g/mol. The first-order chi connectivity index (χ1) is 12.3. The molecule has 2 amide bonds. The zero-order chi connectivity index (χ0) is 20.6. The number of esters is 1. The Morgan fingerprint density at radius 3 is 2.37 bits per heavy atom. The number of urea groups is 1. The molecule has 2 N–H and O–H groups in total. The summed E-state index contributed by atoms with van der Waals surface area (Å²) in [4.78, 5) is 23.9. The van der Waals surface area contributed by atoms with E-state index < -0.39 is 36.7 Å². The van der Waals surface area contributed by atoms with E-state index >= 15 is 0 Å². The molecule has 1 aliphatic heterocycles. The van der Waals surface area contributed by atoms with Crippen LogP contribution < -0.4 is 10.6 Å². The van der Waals surface area contributed by atoms with E-state index in [0.29, 0.717) is 0 Å². The van der Waals surface area contributed by atoms with Crippen molar-refractivity contribution < 1.29 is 36.3 Å². The molecule has 1 aromatic carbocycles. The van der Waals surface area contributed by atoms with Crippen LogP contribution in [0.5, 0.6) is 0 Å². The Morgan fingerprint density at radius 2 is 1.81 bits per heavy atom. The van der Waals surface area contributed by atoms with Gasteiger partial charge in [-0.1, -0.05) is 29.3 Å². The average Bonchev–Trinajstić information content (AvgIpc) is 2.53. The highest BCUT2D eigenvalue weighted by molar-refractivity contribution is 6.42. The first kappa shape index (κ1) is 21.2. The second-order valence-electron chi connectivity index (χ2n) is 5.52. The van der Waals surface area contributed by atoms with E-state index in [2.05, 4.69) is 15.4 Å². The Labute approximate surface area is 159 Å². The number of hydrogen-bond donors (Lipinski definition) is 2. The fraction of sp³-hybridized carbons (Fsp3) is 0.333. The van der Waals surface area contributed by atoms with E-state index in [1.165, 1.54) is 25.1 Å². The molecule has 0 fully saturated rings. The van der Waals surface area contributed by atoms with Gasteiger partial charge in [-0.2, -0.15) is 22.0 Å². The van der Waals surface area contributed by atoms with Crippen LogP contribution in [0.25, 0.3) is 0 Å². The fourth-order valence-electron chi connectivity index (χ4n) is 2.22. The van der Waals surface area contributed by atoms with Gasteiger partial charge in [0.1, 0.15) is 0 Å². The maximum absolute atomic E-state index is 13.0. The third-order valence-electron chi connectivity index (χ3n) is 3.57. The molecular formula is C15H11Cl2F5N2O3. The Morgan fingerprint density at radius 1 is 1.19 bits per heavy atom. The lowest BCUT2D eigenvalue weighted by Crippen LogP contribution is -2.46. The van der Waals surface area contributed by atoms with Crippen LogP contribution in [-0.4, -0.2) is 30.7 Å². The number of amides is 2. The molecule has 1 heterocycles. The number of benzene rings is 1. The molecule has 1 aromatic rings. The Hall–Kier alpha value is -2.07. The van der Waals surface area contributed by atoms with Crippen LogP contribution in [0, 0.1) is 0 Å². The van der Waals surface area contributed by atoms with Gasteiger partial charge in [0, 0.05) is 5.70 Å². The number of carbonyl (C=O) groups is 2. The van der Waals surface area contributed by atoms with Crippen LogP contribution in [0.3, 0.4) is 0 Å². The maximum Gasteiger partial charge on any atom is 0.456 e. The minimum Gasteiger partial charge on any atom is -0.455 e. The van der Waals surface area contributed by atoms with Gasteiger partial charge >= 0.3 is 24.1 Å². The molecule has 0 radical (unpaired) electrons. The van der Waals surface area contributed by atoms with Crippen LogP contribution in [0.15, 0.2) is 29.5 Å². The molecule has 0 saturated carbocycles. The maximum atomic E-state index is 13.0. The molecule has 0 aromatic heterocycles. The van der Waals surface area contributed by atoms with Gasteiger partial charge in [0.2, 0.25) is 0 Å². The highest BCUT2D eigenvalue weighted by Crippen LogP contribution is 2.36. The van der Waals surface area contributed by atoms with Gasteiger partial charge in [0.05, 0.1) is 21.7 Å². The van der Waals surface area contributed by atoms with Crippen molar-refractivity contribution in [2.75, 3.05) is 6.61 Å². The molecule has 27 heavy (non-hydrogen) atoms. The summed E-state index contributed by atoms with van der Waals surface area (Å²) in [6.45, 7) is -0.935. The molecule has 0 bridgehead atoms. The smallest absolute Gasteiger partial charge is 0.455 e. The second kappa shape index (κ2) is 7.51. The van der Waals surface area contributed by atoms with Crippen molar-refractivity contribution in [3.8, 4) is 0 Å². The van der Waals surface area contributed by atoms with Crippen LogP contribution in [0.1, 0.15) is 18.5 Å². The molecule has 1 aliphatic rings. The summed E-state index contributed by atoms with van der Waals surface area (Å²) in [6, 6.07) is 2.16. The summed E-state index contributed by atoms with van der Waals surface area (Å²) < 4.78 is 66.8. The Kier molecular flexibility index (Phi) is 5.91. The monoisotopic (exact) mass is 432 g/mol. The minimum atomic E-state index is -5.88. The topological polar surface area (TPSA) is 67.4 Å². The zero-order valence-corrected chi connectivity index (χ0v) is 14.9. The predicted octanol–water partition coefficient (Wildman–Crippen LogP) is 4.36. The summed E-state index contributed by atoms with van der Waals surface area (Å²) in [6.07, 6.45) is -5.88. The van der Waals surface area contributed by atoms with Gasteiger partial charge in [-0.25, -0.2) is 9.59 Å². The first-order valence-corrected chi connectivity index (χ1v) is 7.94. The summed E-state index contributed by atoms with van der Waals surface area (Å²) >= 11 is 11.7. The molecule has 148 valence electrons. The van der Waals surface area contributed by atoms with Crippen LogP contribution in [-0.2, 0) is 9.53 Å². The molecule has 12 heteroatoms. The molecule has 0 aliphatic carbocycles. The molecule has 1 unspecified atom stereocenters. The van der Waals surface area contributed by atoms with Gasteiger partial charge in [-0.15, -0.1) is 0 Å². The van der Waals surface area contributed by atoms with E-state index in [4.69, 9.17) is 23.2 Å². The first-order valence-electron chi connectivity index (χ1n) is 7.18. The minimum absolute atomic E-state index is 0.0739. The van der Waals surface area contributed by atoms with Gasteiger partial charge < -0.3 is 15.4 Å². The lowest BCUT2D eigenvalue weighted by atomic mass is 9.95. The summed E-state index contributed by atoms with van der Waals surface area (Å²) in [7, 11) is 0. The third kappa shape index (κ3) is 4.62. The van der Waals surface area contributed by atoms with Crippen LogP contribution >= 0.6 is 23.2 Å². The number of hydrogen-bond acceptors (Lipinski definition) is 3. The lowest BCUT2D eigenvalue weighted by molar-refractivity contribution is -0.293. The zero-order valence-electron chi connectivity index (χ0n) is 13.4. The molecule has 5 nitrogen and oxygen atoms in total. The van der Waals surface area contributed by atoms with Gasteiger partial charge in [-0.05, 0) is 24.6 Å². The van der Waals surface area contributed by atoms with Crippen molar-refractivity contribution in [1.82, 2.24) is 10.6 Å². The quantitative estimate of drug-likeness (QED) is 0.548. The normalized spacial score (nSPS) is 18.1. The number of nitrogens with one attached hydrogen (secondary N) is 2. The van der Waals surface area contributed by atoms with E-state index in [-0.39, 0.29) is 26.9 Å². The molecule has 2 rings (SSSR count). The number of halogens is 7. The van der Waals surface area contributed by atoms with Crippen molar-refractivity contribution in [2.24, 2.45) is 0 Å². The Bertz CT molecular complexity index is 811. The van der Waals surface area contributed by atoms with Crippen LogP contribution in [0.4, 0.5) is 26.7 Å². The Balaban J connectivity index is 2.32. The number of allylic oxidation sites excluding steroid dienone is 1. The number of ether oxygens (including phenoxy) is 1. The largest absolute Gasteiger partial charge is 0.456 e. The fourth-order valence-corrected chi connectivity index (χ4v) is 2.53. The van der Waals surface area contributed by atoms with E-state index in [1.54, 1.807) is 0 Å². The molecule has 0 spiro atoms. The van der Waals surface area contributed by atoms with Crippen molar-refractivity contribution in [3.63, 3.8) is 0 Å². The van der Waals surface area contributed by atoms with Crippen molar-refractivity contribution >= 4 is 35.2 Å². The van der Waals surface area contributed by atoms with Crippen molar-refractivity contribution in [1.29, 1.82) is 0 Å². The lowest BCUT2D eigenvalue weighted by Gasteiger charge is -2.29. The molecule has 0 saturated heterocycles. The van der Waals surface area contributed by atoms with Gasteiger partial charge in [0.15, 0.2) is 6.61 Å². The number of alkyl halides is 5. The van der Waals surface area contributed by atoms with E-state index in [1.807, 2.05) is 0 Å². The summed E-state index contributed by atoms with van der Waals surface area (Å²) in [5.74, 6) is -6.68. The standard InChI is InChI=1S/C15H11Cl2F5N2O3/c1-6-10(12(25)27-5-14(18,19)15(20,21)22)11(24-13(26)23-6)7-2-3-8(16)9(17)4-7/h2-4,11H,5H2,1H3,(H2,23,24,26). The van der Waals surface area contributed by atoms with Gasteiger partial charge in [0.25, 0.3) is 0 Å². The summed E-state index contributed by atoms with van der Waals surface area (Å²) in [5.41, 5.74) is -0.186. The van der Waals surface area contributed by atoms with Crippen molar-refractivity contribution in [3.05, 3.63) is 45.1 Å². The second-order valence-corrected chi connectivity index (χ2v) is 6.34. The molecular weight excluding hydrogens is 422 g/mol. The number of rotatable bonds is 4. The summed E-state index contributed by atoms with van der Waals surface area (Å²) in [5, 5.41) is 4.83. The SMILES string of the molecule is CC1=C(C(=O)OCC(F)(F)C(F)(F)F)C(c2ccc(Cl)c(Cl)c2)NC(=O)N1. The number of carbonyl (C=O) groups excluding carboxylic acids is 2.